The fourth-order valence-corrected chi connectivity index (χ4v) is 5.00. The van der Waals surface area contributed by atoms with Gasteiger partial charge in [0.1, 0.15) is 17.3 Å². The van der Waals surface area contributed by atoms with Crippen LogP contribution in [-0.4, -0.2) is 27.1 Å². The molecule has 2 aliphatic rings. The molecule has 23 heavy (non-hydrogen) atoms. The van der Waals surface area contributed by atoms with E-state index in [1.165, 1.54) is 16.9 Å². The van der Waals surface area contributed by atoms with Crippen molar-refractivity contribution in [1.82, 2.24) is 9.97 Å². The summed E-state index contributed by atoms with van der Waals surface area (Å²) >= 11 is 1.76. The van der Waals surface area contributed by atoms with E-state index >= 15 is 0 Å². The lowest BCUT2D eigenvalue weighted by atomic mass is 10.0. The van der Waals surface area contributed by atoms with Gasteiger partial charge in [-0.1, -0.05) is 0 Å². The molecule has 0 bridgehead atoms. The van der Waals surface area contributed by atoms with Crippen LogP contribution in [0.3, 0.4) is 0 Å². The third-order valence-electron chi connectivity index (χ3n) is 5.01. The molecule has 2 aliphatic carbocycles. The van der Waals surface area contributed by atoms with Crippen LogP contribution in [0, 0.1) is 5.92 Å². The van der Waals surface area contributed by atoms with Crippen molar-refractivity contribution in [3.8, 4) is 5.88 Å². The molecule has 0 aromatic carbocycles. The molecule has 2 aromatic heterocycles. The highest BCUT2D eigenvalue weighted by Crippen LogP contribution is 2.40. The first kappa shape index (κ1) is 14.9. The van der Waals surface area contributed by atoms with Crippen LogP contribution in [-0.2, 0) is 17.6 Å². The SMILES string of the molecule is O=C(O)C1CCCC(Oc2ncnc3sc4c(c23)CCC4)CC1. The zero-order chi connectivity index (χ0) is 15.8. The molecule has 4 rings (SSSR count). The van der Waals surface area contributed by atoms with Gasteiger partial charge >= 0.3 is 5.97 Å². The highest BCUT2D eigenvalue weighted by Gasteiger charge is 2.27. The average Bonchev–Trinajstić information content (AvgIpc) is 3.02. The summed E-state index contributed by atoms with van der Waals surface area (Å²) in [5, 5.41) is 10.3. The monoisotopic (exact) mass is 332 g/mol. The molecular formula is C17H20N2O3S. The minimum atomic E-state index is -0.675. The highest BCUT2D eigenvalue weighted by atomic mass is 32.1. The Kier molecular flexibility index (Phi) is 3.93. The molecule has 1 saturated carbocycles. The van der Waals surface area contributed by atoms with Gasteiger partial charge in [0.15, 0.2) is 0 Å². The first-order valence-corrected chi connectivity index (χ1v) is 9.18. The zero-order valence-corrected chi connectivity index (χ0v) is 13.8. The number of hydrogen-bond donors (Lipinski definition) is 1. The van der Waals surface area contributed by atoms with E-state index in [1.54, 1.807) is 17.7 Å². The van der Waals surface area contributed by atoms with Crippen molar-refractivity contribution in [3.05, 3.63) is 16.8 Å². The topological polar surface area (TPSA) is 72.3 Å². The Morgan fingerprint density at radius 3 is 2.96 bits per heavy atom. The second kappa shape index (κ2) is 6.07. The van der Waals surface area contributed by atoms with E-state index in [2.05, 4.69) is 9.97 Å². The molecule has 122 valence electrons. The number of carboxylic acids is 1. The Balaban J connectivity index is 1.57. The molecule has 0 amide bonds. The van der Waals surface area contributed by atoms with Crippen LogP contribution in [0.5, 0.6) is 5.88 Å². The Morgan fingerprint density at radius 2 is 2.09 bits per heavy atom. The van der Waals surface area contributed by atoms with Crippen molar-refractivity contribution in [1.29, 1.82) is 0 Å². The van der Waals surface area contributed by atoms with E-state index < -0.39 is 5.97 Å². The number of carbonyl (C=O) groups is 1. The summed E-state index contributed by atoms with van der Waals surface area (Å²) in [4.78, 5) is 22.4. The van der Waals surface area contributed by atoms with Crippen molar-refractivity contribution < 1.29 is 14.6 Å². The van der Waals surface area contributed by atoms with Gasteiger partial charge in [-0.25, -0.2) is 9.97 Å². The number of aryl methyl sites for hydroxylation is 2. The molecule has 0 spiro atoms. The Hall–Kier alpha value is -1.69. The molecule has 0 radical (unpaired) electrons. The lowest BCUT2D eigenvalue weighted by Gasteiger charge is -2.17. The van der Waals surface area contributed by atoms with Gasteiger partial charge in [-0.15, -0.1) is 11.3 Å². The number of hydrogen-bond acceptors (Lipinski definition) is 5. The predicted octanol–water partition coefficient (Wildman–Crippen LogP) is 3.59. The molecule has 5 nitrogen and oxygen atoms in total. The fraction of sp³-hybridized carbons (Fsp3) is 0.588. The molecular weight excluding hydrogens is 312 g/mol. The summed E-state index contributed by atoms with van der Waals surface area (Å²) in [5.74, 6) is -0.196. The Bertz CT molecular complexity index is 743. The summed E-state index contributed by atoms with van der Waals surface area (Å²) in [6.07, 6.45) is 9.11. The van der Waals surface area contributed by atoms with Gasteiger partial charge in [0.2, 0.25) is 5.88 Å². The van der Waals surface area contributed by atoms with Crippen molar-refractivity contribution in [2.24, 2.45) is 5.92 Å². The largest absolute Gasteiger partial charge is 0.481 e. The van der Waals surface area contributed by atoms with Crippen molar-refractivity contribution >= 4 is 27.5 Å². The van der Waals surface area contributed by atoms with Gasteiger partial charge in [0.05, 0.1) is 11.3 Å². The predicted molar refractivity (Wildman–Crippen MR) is 88.1 cm³/mol. The van der Waals surface area contributed by atoms with E-state index in [0.29, 0.717) is 12.3 Å². The molecule has 2 heterocycles. The normalized spacial score (nSPS) is 24.3. The summed E-state index contributed by atoms with van der Waals surface area (Å²) in [6, 6.07) is 0. The molecule has 2 atom stereocenters. The number of ether oxygens (including phenoxy) is 1. The van der Waals surface area contributed by atoms with E-state index in [9.17, 15) is 9.90 Å². The van der Waals surface area contributed by atoms with Gasteiger partial charge in [-0.05, 0) is 56.9 Å². The van der Waals surface area contributed by atoms with E-state index in [-0.39, 0.29) is 12.0 Å². The third-order valence-corrected chi connectivity index (χ3v) is 6.21. The second-order valence-electron chi connectivity index (χ2n) is 6.50. The average molecular weight is 332 g/mol. The van der Waals surface area contributed by atoms with E-state index in [4.69, 9.17) is 4.74 Å². The van der Waals surface area contributed by atoms with Crippen molar-refractivity contribution in [2.45, 2.75) is 57.5 Å². The van der Waals surface area contributed by atoms with Gasteiger partial charge < -0.3 is 9.84 Å². The van der Waals surface area contributed by atoms with Gasteiger partial charge in [0, 0.05) is 4.88 Å². The number of rotatable bonds is 3. The van der Waals surface area contributed by atoms with Crippen LogP contribution in [0.1, 0.15) is 49.0 Å². The summed E-state index contributed by atoms with van der Waals surface area (Å²) < 4.78 is 6.22. The maximum atomic E-state index is 11.2. The van der Waals surface area contributed by atoms with Crippen LogP contribution in [0.15, 0.2) is 6.33 Å². The fourth-order valence-electron chi connectivity index (χ4n) is 3.78. The molecule has 1 N–H and O–H groups in total. The summed E-state index contributed by atoms with van der Waals surface area (Å²) in [6.45, 7) is 0. The molecule has 1 fully saturated rings. The number of thiophene rings is 1. The van der Waals surface area contributed by atoms with E-state index in [1.807, 2.05) is 0 Å². The first-order valence-electron chi connectivity index (χ1n) is 8.37. The minimum absolute atomic E-state index is 0.0643. The number of fused-ring (bicyclic) bond motifs is 3. The number of carboxylic acid groups (broad SMARTS) is 1. The van der Waals surface area contributed by atoms with Crippen LogP contribution in [0.4, 0.5) is 0 Å². The maximum absolute atomic E-state index is 11.2. The smallest absolute Gasteiger partial charge is 0.306 e. The molecule has 2 aromatic rings. The first-order chi connectivity index (χ1) is 11.2. The Morgan fingerprint density at radius 1 is 1.17 bits per heavy atom. The number of aliphatic carboxylic acids is 1. The minimum Gasteiger partial charge on any atom is -0.481 e. The second-order valence-corrected chi connectivity index (χ2v) is 7.58. The highest BCUT2D eigenvalue weighted by molar-refractivity contribution is 7.18. The molecule has 0 aliphatic heterocycles. The van der Waals surface area contributed by atoms with Crippen LogP contribution < -0.4 is 4.74 Å². The lowest BCUT2D eigenvalue weighted by molar-refractivity contribution is -0.142. The van der Waals surface area contributed by atoms with E-state index in [0.717, 1.165) is 48.7 Å². The maximum Gasteiger partial charge on any atom is 0.306 e. The van der Waals surface area contributed by atoms with Crippen molar-refractivity contribution in [2.75, 3.05) is 0 Å². The number of aromatic nitrogens is 2. The third kappa shape index (κ3) is 2.80. The molecule has 0 saturated heterocycles. The number of nitrogens with zero attached hydrogens (tertiary/aromatic N) is 2. The quantitative estimate of drug-likeness (QED) is 0.870. The zero-order valence-electron chi connectivity index (χ0n) is 13.0. The molecule has 2 unspecified atom stereocenters. The Labute approximate surface area is 138 Å². The van der Waals surface area contributed by atoms with Crippen LogP contribution in [0.25, 0.3) is 10.2 Å². The van der Waals surface area contributed by atoms with Gasteiger partial charge in [-0.3, -0.25) is 4.79 Å². The lowest BCUT2D eigenvalue weighted by Crippen LogP contribution is -2.17. The molecule has 6 heteroatoms. The summed E-state index contributed by atoms with van der Waals surface area (Å²) in [5.41, 5.74) is 1.37. The standard InChI is InChI=1S/C17H20N2O3S/c20-17(21)10-3-1-4-11(8-7-10)22-15-14-12-5-2-6-13(12)23-16(14)19-9-18-15/h9-11H,1-8H2,(H,20,21). The summed E-state index contributed by atoms with van der Waals surface area (Å²) in [7, 11) is 0. The van der Waals surface area contributed by atoms with Crippen LogP contribution in [0.2, 0.25) is 0 Å². The van der Waals surface area contributed by atoms with Gasteiger partial charge in [0.25, 0.3) is 0 Å². The van der Waals surface area contributed by atoms with Gasteiger partial charge in [-0.2, -0.15) is 0 Å². The van der Waals surface area contributed by atoms with Crippen molar-refractivity contribution in [3.63, 3.8) is 0 Å². The van der Waals surface area contributed by atoms with Crippen LogP contribution >= 0.6 is 11.3 Å².